The van der Waals surface area contributed by atoms with Crippen LogP contribution in [0.25, 0.3) is 12.2 Å². The summed E-state index contributed by atoms with van der Waals surface area (Å²) in [5, 5.41) is 0. The van der Waals surface area contributed by atoms with Crippen molar-refractivity contribution < 1.29 is 31.3 Å². The molecule has 0 atom stereocenters. The summed E-state index contributed by atoms with van der Waals surface area (Å²) in [5.74, 6) is -0.402. The SMILES string of the molecule is F[B-](F)(F)F.O=C1c2c3c(oc2=[N+](c2ccccc2)C(=O)N1c1ccccc1)=CC1=CC=CC=C(C=C3)C1. The van der Waals surface area contributed by atoms with Crippen LogP contribution in [0.15, 0.2) is 107 Å². The van der Waals surface area contributed by atoms with Gasteiger partial charge in [-0.25, -0.2) is 4.79 Å². The van der Waals surface area contributed by atoms with Gasteiger partial charge in [-0.15, -0.1) is 9.48 Å². The van der Waals surface area contributed by atoms with Crippen molar-refractivity contribution in [1.82, 2.24) is 4.58 Å². The van der Waals surface area contributed by atoms with Crippen molar-refractivity contribution in [2.45, 2.75) is 6.42 Å². The van der Waals surface area contributed by atoms with E-state index < -0.39 is 19.2 Å². The molecule has 3 aromatic rings. The maximum Gasteiger partial charge on any atom is 0.673 e. The molecule has 1 aromatic heterocycles. The van der Waals surface area contributed by atoms with Crippen LogP contribution >= 0.6 is 0 Å². The van der Waals surface area contributed by atoms with E-state index in [1.165, 1.54) is 9.48 Å². The van der Waals surface area contributed by atoms with E-state index in [9.17, 15) is 26.9 Å². The molecule has 2 bridgehead atoms. The summed E-state index contributed by atoms with van der Waals surface area (Å²) in [5.41, 5.74) is 5.19. The Morgan fingerprint density at radius 2 is 1.42 bits per heavy atom. The van der Waals surface area contributed by atoms with Gasteiger partial charge in [0.1, 0.15) is 16.8 Å². The third-order valence-electron chi connectivity index (χ3n) is 5.91. The van der Waals surface area contributed by atoms with Gasteiger partial charge in [0.25, 0.3) is 0 Å². The number of fused-ring (bicyclic) bond motifs is 5. The normalized spacial score (nSPS) is 16.1. The second-order valence-corrected chi connectivity index (χ2v) is 8.51. The Morgan fingerprint density at radius 1 is 0.816 bits per heavy atom. The average Bonchev–Trinajstić information content (AvgIpc) is 3.04. The highest BCUT2D eigenvalue weighted by Gasteiger charge is 2.46. The summed E-state index contributed by atoms with van der Waals surface area (Å²) >= 11 is 0. The van der Waals surface area contributed by atoms with Gasteiger partial charge in [0.2, 0.25) is 0 Å². The van der Waals surface area contributed by atoms with Gasteiger partial charge in [-0.2, -0.15) is 4.79 Å². The first-order chi connectivity index (χ1) is 18.2. The molecule has 0 radical (unpaired) electrons. The van der Waals surface area contributed by atoms with Crippen LogP contribution in [-0.2, 0) is 0 Å². The van der Waals surface area contributed by atoms with Crippen molar-refractivity contribution in [2.24, 2.45) is 0 Å². The van der Waals surface area contributed by atoms with E-state index in [0.717, 1.165) is 17.6 Å². The van der Waals surface area contributed by atoms with Gasteiger partial charge in [-0.3, -0.25) is 0 Å². The topological polar surface area (TPSA) is 53.5 Å². The molecular formula is C28H19BF4N2O3. The van der Waals surface area contributed by atoms with E-state index in [0.29, 0.717) is 27.9 Å². The third kappa shape index (κ3) is 5.06. The predicted molar refractivity (Wildman–Crippen MR) is 138 cm³/mol. The van der Waals surface area contributed by atoms with E-state index in [4.69, 9.17) is 4.42 Å². The number of urea groups is 1. The van der Waals surface area contributed by atoms with Crippen molar-refractivity contribution in [1.29, 1.82) is 0 Å². The monoisotopic (exact) mass is 518 g/mol. The number of carbonyl (C=O) groups excluding carboxylic acids is 2. The number of allylic oxidation sites excluding steroid dienone is 7. The molecule has 0 saturated heterocycles. The number of nitrogens with zero attached hydrogens (tertiary/aromatic N) is 2. The third-order valence-corrected chi connectivity index (χ3v) is 5.91. The van der Waals surface area contributed by atoms with Crippen molar-refractivity contribution in [3.63, 3.8) is 0 Å². The number of anilines is 1. The Bertz CT molecular complexity index is 1660. The van der Waals surface area contributed by atoms with E-state index in [-0.39, 0.29) is 5.55 Å². The summed E-state index contributed by atoms with van der Waals surface area (Å²) in [6.45, 7) is 0. The van der Waals surface area contributed by atoms with Crippen molar-refractivity contribution in [2.75, 3.05) is 4.90 Å². The highest BCUT2D eigenvalue weighted by atomic mass is 19.5. The molecule has 0 spiro atoms. The molecule has 3 aliphatic rings. The maximum absolute atomic E-state index is 13.8. The molecule has 5 nitrogen and oxygen atoms in total. The predicted octanol–water partition coefficient (Wildman–Crippen LogP) is 5.80. The summed E-state index contributed by atoms with van der Waals surface area (Å²) in [7, 11) is -6.00. The number of hydrogen-bond acceptors (Lipinski definition) is 3. The minimum atomic E-state index is -6.00. The van der Waals surface area contributed by atoms with Crippen LogP contribution < -0.4 is 20.4 Å². The summed E-state index contributed by atoms with van der Waals surface area (Å²) in [4.78, 5) is 28.7. The fourth-order valence-electron chi connectivity index (χ4n) is 4.36. The molecule has 2 aliphatic carbocycles. The first kappa shape index (κ1) is 24.9. The highest BCUT2D eigenvalue weighted by molar-refractivity contribution is 6.50. The molecule has 0 saturated carbocycles. The van der Waals surface area contributed by atoms with Crippen LogP contribution in [0.1, 0.15) is 22.3 Å². The number of halogens is 4. The summed E-state index contributed by atoms with van der Waals surface area (Å²) in [6, 6.07) is 17.8. The summed E-state index contributed by atoms with van der Waals surface area (Å²) in [6.07, 6.45) is 14.7. The second-order valence-electron chi connectivity index (χ2n) is 8.51. The lowest BCUT2D eigenvalue weighted by molar-refractivity contribution is 0.0984. The lowest BCUT2D eigenvalue weighted by atomic mass is 9.99. The molecule has 38 heavy (non-hydrogen) atoms. The van der Waals surface area contributed by atoms with Crippen LogP contribution in [-0.4, -0.2) is 19.2 Å². The van der Waals surface area contributed by atoms with E-state index in [1.807, 2.05) is 85.0 Å². The van der Waals surface area contributed by atoms with E-state index in [1.54, 1.807) is 12.1 Å². The molecule has 6 rings (SSSR count). The number of carbonyl (C=O) groups is 2. The average molecular weight is 518 g/mol. The number of benzene rings is 2. The Morgan fingerprint density at radius 3 is 2.08 bits per heavy atom. The smallest absolute Gasteiger partial charge is 0.421 e. The maximum atomic E-state index is 13.8. The van der Waals surface area contributed by atoms with Gasteiger partial charge in [-0.05, 0) is 54.0 Å². The van der Waals surface area contributed by atoms with Gasteiger partial charge in [0.15, 0.2) is 5.56 Å². The first-order valence-electron chi connectivity index (χ1n) is 11.6. The second kappa shape index (κ2) is 9.97. The number of hydrogen-bond donors (Lipinski definition) is 0. The zero-order valence-corrected chi connectivity index (χ0v) is 19.7. The molecule has 10 heteroatoms. The number of furan rings is 1. The van der Waals surface area contributed by atoms with Crippen molar-refractivity contribution in [3.05, 3.63) is 124 Å². The number of rotatable bonds is 2. The largest absolute Gasteiger partial charge is 0.673 e. The fourth-order valence-corrected chi connectivity index (χ4v) is 4.36. The summed E-state index contributed by atoms with van der Waals surface area (Å²) < 4.78 is 46.7. The van der Waals surface area contributed by atoms with Crippen LogP contribution in [0.4, 0.5) is 33.4 Å². The van der Waals surface area contributed by atoms with Gasteiger partial charge in [-0.1, -0.05) is 66.8 Å². The van der Waals surface area contributed by atoms with Gasteiger partial charge in [0, 0.05) is 5.56 Å². The van der Waals surface area contributed by atoms with Crippen LogP contribution in [0.5, 0.6) is 0 Å². The standard InChI is InChI=1S/C28H19N2O3.BF4/c31-26-25-23-16-15-19-9-7-8-10-20(17-19)18-24(23)33-27(25)30(22-13-5-2-6-14-22)28(32)29(26)21-11-3-1-4-12-21;2-1(3,4)5/h1-16,18H,17H2;/q+1;-1. The molecule has 0 fully saturated rings. The number of para-hydroxylation sites is 2. The van der Waals surface area contributed by atoms with Crippen molar-refractivity contribution >= 4 is 42.7 Å². The van der Waals surface area contributed by atoms with Gasteiger partial charge >= 0.3 is 24.7 Å². The Kier molecular flexibility index (Phi) is 6.54. The molecule has 2 heterocycles. The highest BCUT2D eigenvalue weighted by Crippen LogP contribution is 2.26. The van der Waals surface area contributed by atoms with Crippen molar-refractivity contribution in [3.8, 4) is 0 Å². The molecule has 3 amide bonds. The fraction of sp³-hybridized carbons (Fsp3) is 0.0357. The van der Waals surface area contributed by atoms with Gasteiger partial charge in [0.05, 0.1) is 0 Å². The first-order valence-corrected chi connectivity index (χ1v) is 11.6. The Labute approximate surface area is 214 Å². The van der Waals surface area contributed by atoms with Crippen LogP contribution in [0.2, 0.25) is 0 Å². The minimum Gasteiger partial charge on any atom is -0.421 e. The van der Waals surface area contributed by atoms with E-state index in [2.05, 4.69) is 6.08 Å². The molecular weight excluding hydrogens is 499 g/mol. The Balaban J connectivity index is 0.000000540. The van der Waals surface area contributed by atoms with E-state index >= 15 is 0 Å². The van der Waals surface area contributed by atoms with Crippen LogP contribution in [0.3, 0.4) is 0 Å². The molecule has 2 aromatic carbocycles. The lowest BCUT2D eigenvalue weighted by Crippen LogP contribution is -2.53. The molecule has 190 valence electrons. The lowest BCUT2D eigenvalue weighted by Gasteiger charge is -2.17. The molecule has 0 N–H and O–H groups in total. The molecule has 0 unspecified atom stereocenters. The number of amides is 3. The quantitative estimate of drug-likeness (QED) is 0.245. The Hall–Kier alpha value is -4.73. The zero-order chi connectivity index (χ0) is 26.9. The molecule has 1 aliphatic heterocycles. The number of imide groups is 1. The zero-order valence-electron chi connectivity index (χ0n) is 19.7. The van der Waals surface area contributed by atoms with Crippen LogP contribution in [0, 0.1) is 0 Å². The van der Waals surface area contributed by atoms with Gasteiger partial charge < -0.3 is 21.7 Å². The minimum absolute atomic E-state index is 0.244.